The first-order chi connectivity index (χ1) is 17.0. The van der Waals surface area contributed by atoms with Crippen LogP contribution in [0.4, 0.5) is 4.39 Å². The largest absolute Gasteiger partial charge is 0.370 e. The summed E-state index contributed by atoms with van der Waals surface area (Å²) in [6.45, 7) is 6.84. The van der Waals surface area contributed by atoms with E-state index in [0.717, 1.165) is 28.9 Å². The first kappa shape index (κ1) is 23.1. The van der Waals surface area contributed by atoms with Crippen molar-refractivity contribution in [3.63, 3.8) is 0 Å². The summed E-state index contributed by atoms with van der Waals surface area (Å²) in [4.78, 5) is 17.4. The second-order valence-electron chi connectivity index (χ2n) is 9.05. The number of morpholine rings is 1. The van der Waals surface area contributed by atoms with Crippen molar-refractivity contribution in [2.45, 2.75) is 32.4 Å². The molecule has 10 heteroatoms. The maximum atomic E-state index is 13.9. The summed E-state index contributed by atoms with van der Waals surface area (Å²) in [7, 11) is 0. The van der Waals surface area contributed by atoms with Crippen LogP contribution in [-0.2, 0) is 16.0 Å². The molecule has 2 aliphatic heterocycles. The molecule has 0 unspecified atom stereocenters. The van der Waals surface area contributed by atoms with E-state index in [2.05, 4.69) is 20.4 Å². The van der Waals surface area contributed by atoms with Crippen LogP contribution in [0, 0.1) is 31.0 Å². The lowest BCUT2D eigenvalue weighted by atomic mass is 9.96. The molecule has 0 radical (unpaired) electrons. The molecular weight excluding hydrogens is 449 g/mol. The minimum atomic E-state index is -0.506. The number of benzene rings is 2. The van der Waals surface area contributed by atoms with Crippen molar-refractivity contribution in [1.29, 1.82) is 5.26 Å². The van der Waals surface area contributed by atoms with Gasteiger partial charge in [-0.1, -0.05) is 18.2 Å². The van der Waals surface area contributed by atoms with Gasteiger partial charge >= 0.3 is 0 Å². The smallest absolute Gasteiger partial charge is 0.227 e. The summed E-state index contributed by atoms with van der Waals surface area (Å²) in [6.07, 6.45) is 1.62. The number of hydrogen-bond donors (Lipinski definition) is 0. The van der Waals surface area contributed by atoms with Crippen LogP contribution in [0.3, 0.4) is 0 Å². The molecule has 0 bridgehead atoms. The van der Waals surface area contributed by atoms with Crippen molar-refractivity contribution < 1.29 is 13.9 Å². The molecule has 5 rings (SSSR count). The van der Waals surface area contributed by atoms with Crippen molar-refractivity contribution in [3.8, 4) is 11.8 Å². The molecule has 2 fully saturated rings. The molecule has 1 aromatic heterocycles. The third kappa shape index (κ3) is 4.40. The van der Waals surface area contributed by atoms with Crippen LogP contribution in [-0.4, -0.2) is 74.7 Å². The number of carbonyl (C=O) groups excluding carboxylic acids is 1. The highest BCUT2D eigenvalue weighted by Crippen LogP contribution is 2.31. The molecule has 35 heavy (non-hydrogen) atoms. The Morgan fingerprint density at radius 3 is 2.83 bits per heavy atom. The second kappa shape index (κ2) is 9.52. The molecule has 2 aliphatic rings. The molecule has 9 nitrogen and oxygen atoms in total. The third-order valence-electron chi connectivity index (χ3n) is 7.12. The molecule has 2 atom stereocenters. The average Bonchev–Trinajstić information content (AvgIpc) is 3.40. The van der Waals surface area contributed by atoms with Crippen molar-refractivity contribution in [2.75, 3.05) is 32.8 Å². The number of rotatable bonds is 4. The van der Waals surface area contributed by atoms with Gasteiger partial charge in [-0.05, 0) is 58.7 Å². The van der Waals surface area contributed by atoms with E-state index in [-0.39, 0.29) is 23.6 Å². The fraction of sp³-hybridized carbons (Fsp3) is 0.400. The zero-order valence-corrected chi connectivity index (χ0v) is 19.7. The monoisotopic (exact) mass is 475 g/mol. The highest BCUT2D eigenvalue weighted by atomic mass is 19.1. The minimum absolute atomic E-state index is 0.0723. The molecular formula is C25H26FN7O2. The summed E-state index contributed by atoms with van der Waals surface area (Å²) in [6, 6.07) is 10.9. The van der Waals surface area contributed by atoms with Gasteiger partial charge in [0.2, 0.25) is 5.91 Å². The fourth-order valence-corrected chi connectivity index (χ4v) is 5.04. The van der Waals surface area contributed by atoms with E-state index in [4.69, 9.17) is 4.74 Å². The van der Waals surface area contributed by atoms with E-state index < -0.39 is 5.82 Å². The Hall–Kier alpha value is -3.68. The Kier molecular flexibility index (Phi) is 6.28. The van der Waals surface area contributed by atoms with Crippen molar-refractivity contribution in [1.82, 2.24) is 30.0 Å². The van der Waals surface area contributed by atoms with Gasteiger partial charge in [-0.15, -0.1) is 5.10 Å². The van der Waals surface area contributed by atoms with E-state index in [1.807, 2.05) is 36.1 Å². The lowest BCUT2D eigenvalue weighted by Gasteiger charge is -2.46. The molecule has 1 amide bonds. The molecule has 3 aromatic rings. The van der Waals surface area contributed by atoms with Crippen LogP contribution in [0.25, 0.3) is 5.69 Å². The number of nitriles is 1. The molecule has 180 valence electrons. The fourth-order valence-electron chi connectivity index (χ4n) is 5.04. The Morgan fingerprint density at radius 1 is 1.20 bits per heavy atom. The summed E-state index contributed by atoms with van der Waals surface area (Å²) in [5, 5.41) is 20.6. The number of amides is 1. The third-order valence-corrected chi connectivity index (χ3v) is 7.12. The van der Waals surface area contributed by atoms with Gasteiger partial charge in [0.25, 0.3) is 0 Å². The topological polar surface area (TPSA) is 100 Å². The maximum Gasteiger partial charge on any atom is 0.227 e. The Balaban J connectivity index is 1.24. The maximum absolute atomic E-state index is 13.9. The van der Waals surface area contributed by atoms with E-state index in [9.17, 15) is 14.4 Å². The van der Waals surface area contributed by atoms with Crippen LogP contribution in [0.2, 0.25) is 0 Å². The number of ether oxygens (including phenoxy) is 1. The first-order valence-corrected chi connectivity index (χ1v) is 11.6. The Morgan fingerprint density at radius 2 is 2.06 bits per heavy atom. The van der Waals surface area contributed by atoms with Crippen LogP contribution >= 0.6 is 0 Å². The number of halogens is 1. The minimum Gasteiger partial charge on any atom is -0.370 e. The number of fused-ring (bicyclic) bond motifs is 1. The van der Waals surface area contributed by atoms with Gasteiger partial charge in [0.05, 0.1) is 36.4 Å². The SMILES string of the molecule is Cc1c(CC(=O)N2CCN3C[C@H](c4ccc(F)c(C#N)c4C)OC[C@H]3C2)cccc1-n1cnnn1. The summed E-state index contributed by atoms with van der Waals surface area (Å²) in [5.74, 6) is -0.426. The first-order valence-electron chi connectivity index (χ1n) is 11.6. The number of carbonyl (C=O) groups is 1. The van der Waals surface area contributed by atoms with Crippen LogP contribution < -0.4 is 0 Å². The predicted octanol–water partition coefficient (Wildman–Crippen LogP) is 2.12. The van der Waals surface area contributed by atoms with Gasteiger partial charge in [0.1, 0.15) is 18.2 Å². The molecule has 0 spiro atoms. The van der Waals surface area contributed by atoms with Crippen molar-refractivity contribution in [2.24, 2.45) is 0 Å². The average molecular weight is 476 g/mol. The van der Waals surface area contributed by atoms with Crippen molar-refractivity contribution in [3.05, 3.63) is 70.3 Å². The second-order valence-corrected chi connectivity index (χ2v) is 9.05. The number of nitrogens with zero attached hydrogens (tertiary/aromatic N) is 7. The summed E-state index contributed by atoms with van der Waals surface area (Å²) in [5.41, 5.74) is 4.32. The zero-order chi connectivity index (χ0) is 24.5. The van der Waals surface area contributed by atoms with E-state index >= 15 is 0 Å². The number of hydrogen-bond acceptors (Lipinski definition) is 7. The van der Waals surface area contributed by atoms with E-state index in [1.165, 1.54) is 12.4 Å². The molecule has 0 saturated carbocycles. The highest BCUT2D eigenvalue weighted by molar-refractivity contribution is 5.79. The van der Waals surface area contributed by atoms with Crippen molar-refractivity contribution >= 4 is 5.91 Å². The van der Waals surface area contributed by atoms with Gasteiger partial charge in [0.15, 0.2) is 0 Å². The van der Waals surface area contributed by atoms with Crippen LogP contribution in [0.1, 0.15) is 33.9 Å². The summed E-state index contributed by atoms with van der Waals surface area (Å²) >= 11 is 0. The van der Waals surface area contributed by atoms with Gasteiger partial charge in [-0.3, -0.25) is 9.69 Å². The Bertz CT molecular complexity index is 1290. The lowest BCUT2D eigenvalue weighted by molar-refractivity contribution is -0.139. The standard InChI is InChI=1S/C25H26FN7O2/c1-16-18(4-3-5-23(16)33-15-28-29-30-33)10-25(34)32-9-8-31-13-24(35-14-19(31)12-32)20-6-7-22(26)21(11-27)17(20)2/h3-7,15,19,24H,8-10,12-14H2,1-2H3/t19-,24-/m1/s1. The van der Waals surface area contributed by atoms with Crippen LogP contribution in [0.15, 0.2) is 36.7 Å². The number of tetrazole rings is 1. The number of aromatic nitrogens is 4. The van der Waals surface area contributed by atoms with E-state index in [0.29, 0.717) is 38.2 Å². The molecule has 2 aromatic carbocycles. The molecule has 3 heterocycles. The zero-order valence-electron chi connectivity index (χ0n) is 19.7. The molecule has 2 saturated heterocycles. The highest BCUT2D eigenvalue weighted by Gasteiger charge is 2.36. The number of piperazine rings is 1. The normalized spacial score (nSPS) is 20.3. The van der Waals surface area contributed by atoms with Crippen LogP contribution in [0.5, 0.6) is 0 Å². The molecule has 0 aliphatic carbocycles. The molecule has 0 N–H and O–H groups in total. The van der Waals surface area contributed by atoms with E-state index in [1.54, 1.807) is 17.7 Å². The van der Waals surface area contributed by atoms with Gasteiger partial charge < -0.3 is 9.64 Å². The van der Waals surface area contributed by atoms with Gasteiger partial charge in [-0.2, -0.15) is 5.26 Å². The Labute approximate surface area is 202 Å². The summed E-state index contributed by atoms with van der Waals surface area (Å²) < 4.78 is 21.7. The van der Waals surface area contributed by atoms with Gasteiger partial charge in [0, 0.05) is 26.2 Å². The van der Waals surface area contributed by atoms with Gasteiger partial charge in [-0.25, -0.2) is 9.07 Å². The lowest BCUT2D eigenvalue weighted by Crippen LogP contribution is -2.59. The predicted molar refractivity (Wildman–Crippen MR) is 124 cm³/mol. The quantitative estimate of drug-likeness (QED) is 0.570.